The van der Waals surface area contributed by atoms with E-state index >= 15 is 0 Å². The fourth-order valence-electron chi connectivity index (χ4n) is 2.63. The number of hydrogen-bond acceptors (Lipinski definition) is 5. The van der Waals surface area contributed by atoms with Crippen molar-refractivity contribution in [2.75, 3.05) is 13.9 Å². The van der Waals surface area contributed by atoms with Gasteiger partial charge in [0.15, 0.2) is 11.5 Å². The van der Waals surface area contributed by atoms with Crippen molar-refractivity contribution in [3.8, 4) is 28.5 Å². The van der Waals surface area contributed by atoms with Gasteiger partial charge < -0.3 is 14.2 Å². The highest BCUT2D eigenvalue weighted by molar-refractivity contribution is 7.10. The molecule has 0 bridgehead atoms. The summed E-state index contributed by atoms with van der Waals surface area (Å²) in [6, 6.07) is 12.3. The average molecular weight is 351 g/mol. The lowest BCUT2D eigenvalue weighted by atomic mass is 10.1. The summed E-state index contributed by atoms with van der Waals surface area (Å²) in [5.41, 5.74) is 4.35. The van der Waals surface area contributed by atoms with Crippen LogP contribution in [0.1, 0.15) is 16.1 Å². The zero-order valence-electron chi connectivity index (χ0n) is 14.0. The van der Waals surface area contributed by atoms with Gasteiger partial charge >= 0.3 is 0 Å². The van der Waals surface area contributed by atoms with Gasteiger partial charge in [0, 0.05) is 10.9 Å². The summed E-state index contributed by atoms with van der Waals surface area (Å²) in [6.45, 7) is 2.31. The lowest BCUT2D eigenvalue weighted by molar-refractivity contribution is 0.171. The highest BCUT2D eigenvalue weighted by atomic mass is 32.1. The van der Waals surface area contributed by atoms with Gasteiger partial charge in [0.2, 0.25) is 12.5 Å². The first-order chi connectivity index (χ1) is 12.2. The van der Waals surface area contributed by atoms with Crippen LogP contribution in [0.2, 0.25) is 0 Å². The van der Waals surface area contributed by atoms with Crippen LogP contribution in [-0.2, 0) is 0 Å². The van der Waals surface area contributed by atoms with Gasteiger partial charge in [-0.15, -0.1) is 11.3 Å². The van der Waals surface area contributed by atoms with Crippen molar-refractivity contribution >= 4 is 23.5 Å². The summed E-state index contributed by atoms with van der Waals surface area (Å²) in [4.78, 5) is 4.68. The second-order valence-electron chi connectivity index (χ2n) is 5.73. The molecule has 0 atom stereocenters. The summed E-state index contributed by atoms with van der Waals surface area (Å²) in [5, 5.41) is 3.03. The van der Waals surface area contributed by atoms with E-state index in [9.17, 15) is 0 Å². The van der Waals surface area contributed by atoms with Crippen molar-refractivity contribution in [3.63, 3.8) is 0 Å². The Morgan fingerprint density at radius 1 is 1.12 bits per heavy atom. The predicted octanol–water partition coefficient (Wildman–Crippen LogP) is 5.03. The van der Waals surface area contributed by atoms with Crippen LogP contribution in [0.15, 0.2) is 41.8 Å². The number of thiazole rings is 1. The molecule has 4 nitrogen and oxygen atoms in total. The molecule has 126 valence electrons. The highest BCUT2D eigenvalue weighted by Crippen LogP contribution is 2.42. The Balaban J connectivity index is 1.57. The first-order valence-corrected chi connectivity index (χ1v) is 8.79. The Kier molecular flexibility index (Phi) is 4.15. The van der Waals surface area contributed by atoms with E-state index in [-0.39, 0.29) is 6.79 Å². The molecule has 0 saturated carbocycles. The standard InChI is InChI=1S/C20H17NO3S/c1-13-3-6-15(7-4-13)16-11-25-19(21-16)8-5-14-9-17(22-2)20-18(10-14)23-12-24-20/h3-11H,12H2,1-2H3/b8-5+. The molecule has 0 radical (unpaired) electrons. The van der Waals surface area contributed by atoms with E-state index in [1.54, 1.807) is 18.4 Å². The Morgan fingerprint density at radius 3 is 2.76 bits per heavy atom. The number of benzene rings is 2. The van der Waals surface area contributed by atoms with E-state index in [0.717, 1.165) is 21.8 Å². The zero-order chi connectivity index (χ0) is 17.2. The molecule has 0 fully saturated rings. The lowest BCUT2D eigenvalue weighted by Crippen LogP contribution is -1.93. The summed E-state index contributed by atoms with van der Waals surface area (Å²) in [7, 11) is 1.62. The summed E-state index contributed by atoms with van der Waals surface area (Å²) >= 11 is 1.62. The molecule has 2 aromatic carbocycles. The van der Waals surface area contributed by atoms with E-state index in [2.05, 4.69) is 41.6 Å². The van der Waals surface area contributed by atoms with Crippen LogP contribution in [0.4, 0.5) is 0 Å². The molecule has 0 spiro atoms. The third-order valence-corrected chi connectivity index (χ3v) is 4.78. The van der Waals surface area contributed by atoms with Crippen molar-refractivity contribution in [2.24, 2.45) is 0 Å². The Bertz CT molecular complexity index is 929. The fraction of sp³-hybridized carbons (Fsp3) is 0.150. The quantitative estimate of drug-likeness (QED) is 0.661. The van der Waals surface area contributed by atoms with Gasteiger partial charge in [-0.05, 0) is 30.7 Å². The van der Waals surface area contributed by atoms with E-state index < -0.39 is 0 Å². The monoisotopic (exact) mass is 351 g/mol. The van der Waals surface area contributed by atoms with Crippen LogP contribution >= 0.6 is 11.3 Å². The zero-order valence-corrected chi connectivity index (χ0v) is 14.8. The summed E-state index contributed by atoms with van der Waals surface area (Å²) in [5.74, 6) is 2.04. The minimum absolute atomic E-state index is 0.227. The van der Waals surface area contributed by atoms with Gasteiger partial charge in [0.25, 0.3) is 0 Å². The van der Waals surface area contributed by atoms with E-state index in [1.807, 2.05) is 24.3 Å². The minimum atomic E-state index is 0.227. The molecule has 3 aromatic rings. The average Bonchev–Trinajstić information content (AvgIpc) is 3.29. The molecule has 0 N–H and O–H groups in total. The molecular formula is C20H17NO3S. The molecule has 0 unspecified atom stereocenters. The van der Waals surface area contributed by atoms with Gasteiger partial charge in [0.1, 0.15) is 5.01 Å². The van der Waals surface area contributed by atoms with E-state index in [0.29, 0.717) is 17.2 Å². The number of methoxy groups -OCH3 is 1. The number of nitrogens with zero attached hydrogens (tertiary/aromatic N) is 1. The molecule has 1 aliphatic rings. The van der Waals surface area contributed by atoms with Crippen LogP contribution in [0.5, 0.6) is 17.2 Å². The van der Waals surface area contributed by atoms with Crippen molar-refractivity contribution in [1.29, 1.82) is 0 Å². The first-order valence-electron chi connectivity index (χ1n) is 7.91. The van der Waals surface area contributed by atoms with E-state index in [4.69, 9.17) is 14.2 Å². The van der Waals surface area contributed by atoms with Crippen LogP contribution in [0.3, 0.4) is 0 Å². The molecule has 5 heteroatoms. The number of hydrogen-bond donors (Lipinski definition) is 0. The van der Waals surface area contributed by atoms with Crippen LogP contribution < -0.4 is 14.2 Å². The maximum atomic E-state index is 5.46. The third-order valence-electron chi connectivity index (χ3n) is 3.97. The second kappa shape index (κ2) is 6.61. The van der Waals surface area contributed by atoms with Crippen LogP contribution in [0.25, 0.3) is 23.4 Å². The van der Waals surface area contributed by atoms with Gasteiger partial charge in [-0.2, -0.15) is 0 Å². The summed E-state index contributed by atoms with van der Waals surface area (Å²) in [6.07, 6.45) is 4.00. The minimum Gasteiger partial charge on any atom is -0.493 e. The maximum Gasteiger partial charge on any atom is 0.231 e. The molecule has 1 aliphatic heterocycles. The molecule has 0 saturated heterocycles. The highest BCUT2D eigenvalue weighted by Gasteiger charge is 2.19. The number of ether oxygens (including phenoxy) is 3. The molecule has 1 aromatic heterocycles. The van der Waals surface area contributed by atoms with Gasteiger partial charge in [0.05, 0.1) is 12.8 Å². The molecule has 25 heavy (non-hydrogen) atoms. The SMILES string of the molecule is COc1cc(/C=C/c2nc(-c3ccc(C)cc3)cs2)cc2c1OCO2. The van der Waals surface area contributed by atoms with Crippen molar-refractivity contribution in [2.45, 2.75) is 6.92 Å². The van der Waals surface area contributed by atoms with Crippen molar-refractivity contribution < 1.29 is 14.2 Å². The van der Waals surface area contributed by atoms with Crippen molar-refractivity contribution in [1.82, 2.24) is 4.98 Å². The Morgan fingerprint density at radius 2 is 1.96 bits per heavy atom. The molecule has 2 heterocycles. The van der Waals surface area contributed by atoms with Crippen LogP contribution in [0, 0.1) is 6.92 Å². The summed E-state index contributed by atoms with van der Waals surface area (Å²) < 4.78 is 16.2. The van der Waals surface area contributed by atoms with Gasteiger partial charge in [-0.1, -0.05) is 35.9 Å². The Hall–Kier alpha value is -2.79. The fourth-order valence-corrected chi connectivity index (χ4v) is 3.35. The number of fused-ring (bicyclic) bond motifs is 1. The second-order valence-corrected chi connectivity index (χ2v) is 6.62. The smallest absolute Gasteiger partial charge is 0.231 e. The third kappa shape index (κ3) is 3.23. The van der Waals surface area contributed by atoms with Crippen LogP contribution in [-0.4, -0.2) is 18.9 Å². The Labute approximate surface area is 150 Å². The maximum absolute atomic E-state index is 5.46. The largest absolute Gasteiger partial charge is 0.493 e. The van der Waals surface area contributed by atoms with Crippen molar-refractivity contribution in [3.05, 3.63) is 57.9 Å². The number of aromatic nitrogens is 1. The predicted molar refractivity (Wildman–Crippen MR) is 100 cm³/mol. The topological polar surface area (TPSA) is 40.6 Å². The lowest BCUT2D eigenvalue weighted by Gasteiger charge is -2.05. The number of rotatable bonds is 4. The molecular weight excluding hydrogens is 334 g/mol. The van der Waals surface area contributed by atoms with E-state index in [1.165, 1.54) is 5.56 Å². The molecule has 0 aliphatic carbocycles. The molecule has 4 rings (SSSR count). The molecule has 0 amide bonds. The van der Waals surface area contributed by atoms with Gasteiger partial charge in [-0.3, -0.25) is 0 Å². The number of aryl methyl sites for hydroxylation is 1. The first kappa shape index (κ1) is 15.7. The normalized spacial score (nSPS) is 12.7. The van der Waals surface area contributed by atoms with Gasteiger partial charge in [-0.25, -0.2) is 4.98 Å².